The molecule has 1 heterocycles. The van der Waals surface area contributed by atoms with E-state index < -0.39 is 18.5 Å². The van der Waals surface area contributed by atoms with Gasteiger partial charge < -0.3 is 15.0 Å². The zero-order valence-corrected chi connectivity index (χ0v) is 16.3. The molecule has 0 saturated carbocycles. The zero-order chi connectivity index (χ0) is 20.8. The number of hydrogen-bond acceptors (Lipinski definition) is 4. The summed E-state index contributed by atoms with van der Waals surface area (Å²) in [5.41, 5.74) is 3.19. The number of hydrogen-bond donors (Lipinski definition) is 2. The van der Waals surface area contributed by atoms with E-state index in [1.165, 1.54) is 13.0 Å². The standard InChI is InChI=1S/C23H22N2O4/c1-3-17-10-7-11-18-19(13-24-22(17)18)21(27)14-29-23(28)20(25-15(2)26)12-16-8-5-4-6-9-16/h4-13,24H,3,14H2,1-2H3,(H,25,26)/b20-12-. The van der Waals surface area contributed by atoms with Gasteiger partial charge in [0.2, 0.25) is 11.7 Å². The van der Waals surface area contributed by atoms with Crippen LogP contribution in [0.3, 0.4) is 0 Å². The Balaban J connectivity index is 1.75. The van der Waals surface area contributed by atoms with Crippen molar-refractivity contribution in [1.82, 2.24) is 10.3 Å². The van der Waals surface area contributed by atoms with Crippen molar-refractivity contribution in [3.8, 4) is 0 Å². The van der Waals surface area contributed by atoms with Crippen molar-refractivity contribution in [2.45, 2.75) is 20.3 Å². The number of H-pyrrole nitrogens is 1. The van der Waals surface area contributed by atoms with Gasteiger partial charge in [-0.05, 0) is 23.6 Å². The molecule has 148 valence electrons. The number of rotatable bonds is 7. The second-order valence-electron chi connectivity index (χ2n) is 6.54. The number of carbonyl (C=O) groups excluding carboxylic acids is 3. The second kappa shape index (κ2) is 9.01. The first-order chi connectivity index (χ1) is 14.0. The minimum absolute atomic E-state index is 0.0244. The number of para-hydroxylation sites is 1. The fourth-order valence-corrected chi connectivity index (χ4v) is 3.08. The molecule has 0 unspecified atom stereocenters. The fourth-order valence-electron chi connectivity index (χ4n) is 3.08. The summed E-state index contributed by atoms with van der Waals surface area (Å²) in [5.74, 6) is -1.49. The van der Waals surface area contributed by atoms with E-state index in [4.69, 9.17) is 4.74 Å². The Morgan fingerprint density at radius 3 is 2.52 bits per heavy atom. The molecule has 0 fully saturated rings. The zero-order valence-electron chi connectivity index (χ0n) is 16.3. The van der Waals surface area contributed by atoms with E-state index in [1.807, 2.05) is 43.3 Å². The van der Waals surface area contributed by atoms with Gasteiger partial charge in [-0.3, -0.25) is 9.59 Å². The Morgan fingerprint density at radius 2 is 1.83 bits per heavy atom. The van der Waals surface area contributed by atoms with Crippen molar-refractivity contribution in [2.75, 3.05) is 6.61 Å². The molecule has 2 N–H and O–H groups in total. The number of benzene rings is 2. The number of aromatic nitrogens is 1. The number of amides is 1. The van der Waals surface area contributed by atoms with Crippen LogP contribution in [-0.4, -0.2) is 29.3 Å². The molecule has 2 aromatic carbocycles. The molecule has 3 rings (SSSR count). The smallest absolute Gasteiger partial charge is 0.355 e. The monoisotopic (exact) mass is 390 g/mol. The van der Waals surface area contributed by atoms with Crippen molar-refractivity contribution >= 4 is 34.6 Å². The molecule has 0 bridgehead atoms. The largest absolute Gasteiger partial charge is 0.453 e. The third kappa shape index (κ3) is 4.79. The quantitative estimate of drug-likeness (QED) is 0.366. The molecule has 0 aliphatic rings. The number of ketones is 1. The van der Waals surface area contributed by atoms with Gasteiger partial charge in [0.1, 0.15) is 5.70 Å². The molecule has 1 amide bonds. The van der Waals surface area contributed by atoms with E-state index in [0.717, 1.165) is 28.5 Å². The second-order valence-corrected chi connectivity index (χ2v) is 6.54. The topological polar surface area (TPSA) is 88.3 Å². The number of nitrogens with one attached hydrogen (secondary N) is 2. The van der Waals surface area contributed by atoms with Crippen LogP contribution < -0.4 is 5.32 Å². The van der Waals surface area contributed by atoms with Crippen molar-refractivity contribution in [3.63, 3.8) is 0 Å². The van der Waals surface area contributed by atoms with Crippen LogP contribution in [0.25, 0.3) is 17.0 Å². The van der Waals surface area contributed by atoms with Crippen LogP contribution in [0.5, 0.6) is 0 Å². The Hall–Kier alpha value is -3.67. The van der Waals surface area contributed by atoms with Crippen LogP contribution in [-0.2, 0) is 20.7 Å². The van der Waals surface area contributed by atoms with E-state index in [9.17, 15) is 14.4 Å². The molecule has 0 radical (unpaired) electrons. The maximum Gasteiger partial charge on any atom is 0.355 e. The molecular weight excluding hydrogens is 368 g/mol. The number of aryl methyl sites for hydroxylation is 1. The lowest BCUT2D eigenvalue weighted by atomic mass is 10.1. The summed E-state index contributed by atoms with van der Waals surface area (Å²) >= 11 is 0. The van der Waals surface area contributed by atoms with Gasteiger partial charge in [-0.15, -0.1) is 0 Å². The van der Waals surface area contributed by atoms with E-state index in [2.05, 4.69) is 10.3 Å². The summed E-state index contributed by atoms with van der Waals surface area (Å²) in [4.78, 5) is 39.7. The third-order valence-corrected chi connectivity index (χ3v) is 4.46. The molecule has 1 aromatic heterocycles. The van der Waals surface area contributed by atoms with Crippen molar-refractivity contribution in [3.05, 3.63) is 77.1 Å². The van der Waals surface area contributed by atoms with E-state index in [1.54, 1.807) is 18.3 Å². The van der Waals surface area contributed by atoms with Crippen LogP contribution in [0.2, 0.25) is 0 Å². The van der Waals surface area contributed by atoms with Crippen LogP contribution in [0.1, 0.15) is 35.3 Å². The third-order valence-electron chi connectivity index (χ3n) is 4.46. The maximum absolute atomic E-state index is 12.6. The van der Waals surface area contributed by atoms with Crippen molar-refractivity contribution in [1.29, 1.82) is 0 Å². The summed E-state index contributed by atoms with van der Waals surface area (Å²) in [7, 11) is 0. The highest BCUT2D eigenvalue weighted by Gasteiger charge is 2.18. The summed E-state index contributed by atoms with van der Waals surface area (Å²) in [6, 6.07) is 14.8. The first-order valence-electron chi connectivity index (χ1n) is 9.33. The highest BCUT2D eigenvalue weighted by Crippen LogP contribution is 2.22. The molecule has 3 aromatic rings. The van der Waals surface area contributed by atoms with Crippen molar-refractivity contribution < 1.29 is 19.1 Å². The maximum atomic E-state index is 12.6. The summed E-state index contributed by atoms with van der Waals surface area (Å²) in [5, 5.41) is 3.26. The fraction of sp³-hybridized carbons (Fsp3) is 0.174. The summed E-state index contributed by atoms with van der Waals surface area (Å²) < 4.78 is 5.18. The Labute approximate surface area is 168 Å². The van der Waals surface area contributed by atoms with Gasteiger partial charge in [-0.2, -0.15) is 0 Å². The number of ether oxygens (including phenoxy) is 1. The van der Waals surface area contributed by atoms with E-state index in [0.29, 0.717) is 5.56 Å². The Morgan fingerprint density at radius 1 is 1.07 bits per heavy atom. The van der Waals surface area contributed by atoms with Crippen LogP contribution in [0, 0.1) is 0 Å². The van der Waals surface area contributed by atoms with E-state index >= 15 is 0 Å². The van der Waals surface area contributed by atoms with Gasteiger partial charge in [-0.1, -0.05) is 55.5 Å². The van der Waals surface area contributed by atoms with E-state index in [-0.39, 0.29) is 11.5 Å². The lowest BCUT2D eigenvalue weighted by Gasteiger charge is -2.09. The Kier molecular flexibility index (Phi) is 6.24. The normalized spacial score (nSPS) is 11.3. The molecule has 0 aliphatic heterocycles. The number of carbonyl (C=O) groups is 3. The molecule has 6 heteroatoms. The minimum atomic E-state index is -0.772. The summed E-state index contributed by atoms with van der Waals surface area (Å²) in [6.07, 6.45) is 3.98. The predicted molar refractivity (Wildman–Crippen MR) is 111 cm³/mol. The van der Waals surface area contributed by atoms with Gasteiger partial charge in [-0.25, -0.2) is 4.79 Å². The first-order valence-corrected chi connectivity index (χ1v) is 9.33. The number of Topliss-reactive ketones (excluding diaryl/α,β-unsaturated/α-hetero) is 1. The summed E-state index contributed by atoms with van der Waals surface area (Å²) in [6.45, 7) is 2.92. The molecular formula is C23H22N2O4. The van der Waals surface area contributed by atoms with Gasteiger partial charge in [0.15, 0.2) is 6.61 Å². The van der Waals surface area contributed by atoms with Gasteiger partial charge in [0.25, 0.3) is 0 Å². The molecule has 0 aliphatic carbocycles. The number of esters is 1. The van der Waals surface area contributed by atoms with Crippen LogP contribution in [0.15, 0.2) is 60.4 Å². The molecule has 0 saturated heterocycles. The molecule has 0 atom stereocenters. The first kappa shape index (κ1) is 20.1. The van der Waals surface area contributed by atoms with Gasteiger partial charge in [0, 0.05) is 29.6 Å². The number of aromatic amines is 1. The highest BCUT2D eigenvalue weighted by atomic mass is 16.5. The van der Waals surface area contributed by atoms with Gasteiger partial charge in [0.05, 0.1) is 0 Å². The number of fused-ring (bicyclic) bond motifs is 1. The van der Waals surface area contributed by atoms with Crippen LogP contribution in [0.4, 0.5) is 0 Å². The van der Waals surface area contributed by atoms with Crippen LogP contribution >= 0.6 is 0 Å². The molecule has 6 nitrogen and oxygen atoms in total. The van der Waals surface area contributed by atoms with Gasteiger partial charge >= 0.3 is 5.97 Å². The molecule has 29 heavy (non-hydrogen) atoms. The van der Waals surface area contributed by atoms with Crippen molar-refractivity contribution in [2.24, 2.45) is 0 Å². The lowest BCUT2D eigenvalue weighted by Crippen LogP contribution is -2.27. The predicted octanol–water partition coefficient (Wildman–Crippen LogP) is 3.63. The minimum Gasteiger partial charge on any atom is -0.453 e. The lowest BCUT2D eigenvalue weighted by molar-refractivity contribution is -0.139. The SMILES string of the molecule is CCc1cccc2c(C(=O)COC(=O)/C(=C/c3ccccc3)NC(C)=O)c[nH]c12. The highest BCUT2D eigenvalue weighted by molar-refractivity contribution is 6.10. The Bertz CT molecular complexity index is 1080. The molecule has 0 spiro atoms. The average molecular weight is 390 g/mol. The average Bonchev–Trinajstić information content (AvgIpc) is 3.16.